The Hall–Kier alpha value is -3.49. The van der Waals surface area contributed by atoms with E-state index in [1.165, 1.54) is 26.2 Å². The van der Waals surface area contributed by atoms with Gasteiger partial charge >= 0.3 is 5.97 Å². The van der Waals surface area contributed by atoms with E-state index in [4.69, 9.17) is 9.47 Å². The SMILES string of the molecule is CCCCCCCC(=O)CCCCCC/C=C/[C@H](C(=O)N[C@@H](Cc1ccc(-c2cccc(OC)c2)cc1)C(=O)OC(C)(C)C)[C@@](C)(O)CCO. The normalized spacial score (nSPS) is 14.2. The first-order chi connectivity index (χ1) is 23.8. The van der Waals surface area contributed by atoms with Crippen LogP contribution >= 0.6 is 0 Å². The van der Waals surface area contributed by atoms with Crippen LogP contribution in [-0.4, -0.2) is 58.8 Å². The molecule has 50 heavy (non-hydrogen) atoms. The number of carbonyl (C=O) groups excluding carboxylic acids is 3. The standard InChI is InChI=1S/C42H63NO7/c1-7-8-9-12-15-20-35(45)21-16-13-10-11-14-17-23-37(42(5,48)28-29-44)39(46)43-38(40(47)50-41(2,3)4)30-32-24-26-33(27-25-32)34-19-18-22-36(31-34)49-6/h17-19,22-27,31,37-38,44,48H,7-16,20-21,28-30H2,1-6H3,(H,43,46)/b23-17+/t37-,38+,42+/m1/s1. The second-order valence-corrected chi connectivity index (χ2v) is 14.6. The lowest BCUT2D eigenvalue weighted by Crippen LogP contribution is -2.51. The minimum absolute atomic E-state index is 0.00903. The van der Waals surface area contributed by atoms with E-state index in [-0.39, 0.29) is 19.4 Å². The van der Waals surface area contributed by atoms with Gasteiger partial charge in [0.25, 0.3) is 0 Å². The van der Waals surface area contributed by atoms with Crippen LogP contribution in [0.25, 0.3) is 11.1 Å². The summed E-state index contributed by atoms with van der Waals surface area (Å²) in [5.41, 5.74) is 0.503. The first-order valence-corrected chi connectivity index (χ1v) is 18.6. The highest BCUT2D eigenvalue weighted by atomic mass is 16.6. The van der Waals surface area contributed by atoms with Gasteiger partial charge in [-0.2, -0.15) is 0 Å². The van der Waals surface area contributed by atoms with E-state index >= 15 is 0 Å². The summed E-state index contributed by atoms with van der Waals surface area (Å²) in [4.78, 5) is 39.3. The quantitative estimate of drug-likeness (QED) is 0.0574. The highest BCUT2D eigenvalue weighted by Gasteiger charge is 2.37. The summed E-state index contributed by atoms with van der Waals surface area (Å²) in [6.07, 6.45) is 15.3. The van der Waals surface area contributed by atoms with Gasteiger partial charge in [-0.3, -0.25) is 9.59 Å². The molecule has 0 heterocycles. The van der Waals surface area contributed by atoms with Crippen molar-refractivity contribution in [3.05, 3.63) is 66.2 Å². The second-order valence-electron chi connectivity index (χ2n) is 14.6. The minimum Gasteiger partial charge on any atom is -0.497 e. The van der Waals surface area contributed by atoms with Gasteiger partial charge < -0.3 is 25.0 Å². The summed E-state index contributed by atoms with van der Waals surface area (Å²) in [5.74, 6) is -0.966. The largest absolute Gasteiger partial charge is 0.497 e. The molecule has 278 valence electrons. The molecule has 0 bridgehead atoms. The predicted octanol–water partition coefficient (Wildman–Crippen LogP) is 8.31. The Kier molecular flexibility index (Phi) is 19.1. The Morgan fingerprint density at radius 3 is 2.10 bits per heavy atom. The number of ether oxygens (including phenoxy) is 2. The van der Waals surface area contributed by atoms with Gasteiger partial charge in [-0.1, -0.05) is 94.0 Å². The van der Waals surface area contributed by atoms with Crippen LogP contribution in [0.15, 0.2) is 60.7 Å². The monoisotopic (exact) mass is 693 g/mol. The van der Waals surface area contributed by atoms with Crippen molar-refractivity contribution in [2.75, 3.05) is 13.7 Å². The van der Waals surface area contributed by atoms with E-state index < -0.39 is 35.0 Å². The Bertz CT molecular complexity index is 1330. The first-order valence-electron chi connectivity index (χ1n) is 18.6. The number of methoxy groups -OCH3 is 1. The highest BCUT2D eigenvalue weighted by molar-refractivity contribution is 5.87. The molecule has 8 heteroatoms. The number of hydrogen-bond acceptors (Lipinski definition) is 7. The Morgan fingerprint density at radius 2 is 1.50 bits per heavy atom. The summed E-state index contributed by atoms with van der Waals surface area (Å²) < 4.78 is 11.0. The van der Waals surface area contributed by atoms with Gasteiger partial charge in [0, 0.05) is 32.3 Å². The molecule has 0 aliphatic carbocycles. The molecule has 0 saturated carbocycles. The molecule has 0 aliphatic heterocycles. The number of aliphatic hydroxyl groups is 2. The lowest BCUT2D eigenvalue weighted by Gasteiger charge is -2.31. The molecule has 8 nitrogen and oxygen atoms in total. The van der Waals surface area contributed by atoms with Crippen LogP contribution in [-0.2, 0) is 25.5 Å². The average Bonchev–Trinajstić information content (AvgIpc) is 3.06. The van der Waals surface area contributed by atoms with Gasteiger partial charge in [-0.15, -0.1) is 0 Å². The maximum atomic E-state index is 13.8. The van der Waals surface area contributed by atoms with Crippen LogP contribution in [0.2, 0.25) is 0 Å². The van der Waals surface area contributed by atoms with E-state index in [1.54, 1.807) is 34.0 Å². The zero-order valence-electron chi connectivity index (χ0n) is 31.5. The van der Waals surface area contributed by atoms with Crippen molar-refractivity contribution in [3.8, 4) is 16.9 Å². The summed E-state index contributed by atoms with van der Waals surface area (Å²) in [6, 6.07) is 14.5. The number of aliphatic hydroxyl groups excluding tert-OH is 1. The number of unbranched alkanes of at least 4 members (excludes halogenated alkanes) is 8. The zero-order chi connectivity index (χ0) is 37.0. The molecule has 1 amide bonds. The van der Waals surface area contributed by atoms with Crippen LogP contribution in [0.5, 0.6) is 5.75 Å². The van der Waals surface area contributed by atoms with Crippen LogP contribution in [0.4, 0.5) is 0 Å². The Labute approximate surface area is 301 Å². The fourth-order valence-corrected chi connectivity index (χ4v) is 5.88. The summed E-state index contributed by atoms with van der Waals surface area (Å²) in [7, 11) is 1.63. The van der Waals surface area contributed by atoms with Crippen molar-refractivity contribution >= 4 is 17.7 Å². The third-order valence-corrected chi connectivity index (χ3v) is 8.84. The fraction of sp³-hybridized carbons (Fsp3) is 0.595. The molecule has 2 aromatic rings. The van der Waals surface area contributed by atoms with Crippen molar-refractivity contribution in [1.82, 2.24) is 5.32 Å². The second kappa shape index (κ2) is 22.4. The first kappa shape index (κ1) is 42.7. The molecule has 3 N–H and O–H groups in total. The van der Waals surface area contributed by atoms with Gasteiger partial charge in [0.1, 0.15) is 23.2 Å². The molecule has 0 unspecified atom stereocenters. The topological polar surface area (TPSA) is 122 Å². The summed E-state index contributed by atoms with van der Waals surface area (Å²) in [6.45, 7) is 8.75. The lowest BCUT2D eigenvalue weighted by molar-refractivity contribution is -0.159. The van der Waals surface area contributed by atoms with E-state index in [1.807, 2.05) is 54.6 Å². The van der Waals surface area contributed by atoms with Crippen molar-refractivity contribution in [2.24, 2.45) is 5.92 Å². The maximum Gasteiger partial charge on any atom is 0.329 e. The minimum atomic E-state index is -1.54. The van der Waals surface area contributed by atoms with Crippen LogP contribution < -0.4 is 10.1 Å². The molecule has 0 aromatic heterocycles. The van der Waals surface area contributed by atoms with Crippen molar-refractivity contribution in [3.63, 3.8) is 0 Å². The lowest BCUT2D eigenvalue weighted by atomic mass is 9.84. The third kappa shape index (κ3) is 16.5. The van der Waals surface area contributed by atoms with E-state index in [2.05, 4.69) is 12.2 Å². The molecule has 0 aliphatic rings. The van der Waals surface area contributed by atoms with Crippen molar-refractivity contribution in [1.29, 1.82) is 0 Å². The molecular weight excluding hydrogens is 630 g/mol. The molecule has 0 spiro atoms. The predicted molar refractivity (Wildman–Crippen MR) is 201 cm³/mol. The molecular formula is C42H63NO7. The number of hydrogen-bond donors (Lipinski definition) is 3. The highest BCUT2D eigenvalue weighted by Crippen LogP contribution is 2.26. The Morgan fingerprint density at radius 1 is 0.860 bits per heavy atom. The third-order valence-electron chi connectivity index (χ3n) is 8.84. The van der Waals surface area contributed by atoms with E-state index in [0.717, 1.165) is 61.0 Å². The molecule has 0 fully saturated rings. The fourth-order valence-electron chi connectivity index (χ4n) is 5.88. The number of Topliss-reactive ketones (excluding diaryl/α,β-unsaturated/α-hetero) is 1. The maximum absolute atomic E-state index is 13.8. The molecule has 0 radical (unpaired) electrons. The van der Waals surface area contributed by atoms with Crippen LogP contribution in [0.1, 0.15) is 124 Å². The number of esters is 1. The van der Waals surface area contributed by atoms with E-state index in [0.29, 0.717) is 25.0 Å². The molecule has 2 rings (SSSR count). The molecule has 0 saturated heterocycles. The number of benzene rings is 2. The number of allylic oxidation sites excluding steroid dienone is 1. The van der Waals surface area contributed by atoms with Crippen LogP contribution in [0.3, 0.4) is 0 Å². The van der Waals surface area contributed by atoms with Crippen LogP contribution in [0, 0.1) is 5.92 Å². The number of amides is 1. The summed E-state index contributed by atoms with van der Waals surface area (Å²) >= 11 is 0. The molecule has 3 atom stereocenters. The molecule has 2 aromatic carbocycles. The summed E-state index contributed by atoms with van der Waals surface area (Å²) in [5, 5.41) is 23.8. The van der Waals surface area contributed by atoms with Gasteiger partial charge in [0.15, 0.2) is 0 Å². The zero-order valence-corrected chi connectivity index (χ0v) is 31.5. The van der Waals surface area contributed by atoms with Gasteiger partial charge in [-0.05, 0) is 82.2 Å². The van der Waals surface area contributed by atoms with Gasteiger partial charge in [0.05, 0.1) is 18.6 Å². The number of ketones is 1. The Balaban J connectivity index is 2.05. The average molecular weight is 694 g/mol. The van der Waals surface area contributed by atoms with Crippen molar-refractivity contribution < 1.29 is 34.1 Å². The van der Waals surface area contributed by atoms with Gasteiger partial charge in [-0.25, -0.2) is 4.79 Å². The number of carbonyl (C=O) groups is 3. The van der Waals surface area contributed by atoms with Gasteiger partial charge in [0.2, 0.25) is 5.91 Å². The van der Waals surface area contributed by atoms with E-state index in [9.17, 15) is 24.6 Å². The van der Waals surface area contributed by atoms with Crippen molar-refractivity contribution in [2.45, 2.75) is 142 Å². The number of nitrogens with one attached hydrogen (secondary N) is 1. The smallest absolute Gasteiger partial charge is 0.329 e. The number of rotatable bonds is 24.